The van der Waals surface area contributed by atoms with Crippen LogP contribution < -0.4 is 10.9 Å². The Bertz CT molecular complexity index is 1260. The van der Waals surface area contributed by atoms with Crippen molar-refractivity contribution in [2.24, 2.45) is 0 Å². The van der Waals surface area contributed by atoms with Crippen LogP contribution in [0.5, 0.6) is 0 Å². The van der Waals surface area contributed by atoms with E-state index in [0.29, 0.717) is 12.0 Å². The van der Waals surface area contributed by atoms with Gasteiger partial charge in [0.15, 0.2) is 5.65 Å². The maximum atomic E-state index is 12.3. The van der Waals surface area contributed by atoms with Crippen LogP contribution in [0.1, 0.15) is 39.3 Å². The van der Waals surface area contributed by atoms with E-state index in [1.165, 1.54) is 0 Å². The zero-order valence-electron chi connectivity index (χ0n) is 17.2. The SMILES string of the molecule is Cc1ccc(C(=O)NNC(=O)CCc2c(C)nc3c4ccccc4nn3c2C)cc1. The molecule has 152 valence electrons. The molecule has 0 saturated carbocycles. The van der Waals surface area contributed by atoms with E-state index in [1.54, 1.807) is 12.1 Å². The standard InChI is InChI=1S/C23H23N5O2/c1-14-8-10-17(11-9-14)23(30)26-25-21(29)13-12-18-15(2)24-22-19-6-4-5-7-20(19)27-28(22)16(18)3/h4-11H,12-13H2,1-3H3,(H,25,29)(H,26,30). The second-order valence-corrected chi connectivity index (χ2v) is 7.38. The van der Waals surface area contributed by atoms with Gasteiger partial charge in [-0.1, -0.05) is 29.8 Å². The first-order chi connectivity index (χ1) is 14.4. The number of hydrogen-bond donors (Lipinski definition) is 2. The van der Waals surface area contributed by atoms with E-state index in [1.807, 2.05) is 61.7 Å². The number of aryl methyl sites for hydroxylation is 3. The number of carbonyl (C=O) groups excluding carboxylic acids is 2. The number of hydrogen-bond acceptors (Lipinski definition) is 4. The van der Waals surface area contributed by atoms with Gasteiger partial charge in [0.1, 0.15) is 0 Å². The molecular formula is C23H23N5O2. The molecule has 0 saturated heterocycles. The van der Waals surface area contributed by atoms with Gasteiger partial charge in [0.05, 0.1) is 5.52 Å². The highest BCUT2D eigenvalue weighted by Crippen LogP contribution is 2.22. The van der Waals surface area contributed by atoms with Crippen LogP contribution >= 0.6 is 0 Å². The van der Waals surface area contributed by atoms with Crippen LogP contribution in [0.25, 0.3) is 16.6 Å². The lowest BCUT2D eigenvalue weighted by atomic mass is 10.1. The zero-order valence-corrected chi connectivity index (χ0v) is 17.2. The van der Waals surface area contributed by atoms with Crippen LogP contribution in [0.15, 0.2) is 48.5 Å². The Morgan fingerprint density at radius 1 is 0.967 bits per heavy atom. The summed E-state index contributed by atoms with van der Waals surface area (Å²) in [5, 5.41) is 5.65. The second kappa shape index (κ2) is 7.94. The van der Waals surface area contributed by atoms with Gasteiger partial charge in [0.2, 0.25) is 5.91 Å². The molecule has 0 aliphatic rings. The molecule has 0 bridgehead atoms. The Kier molecular flexibility index (Phi) is 5.18. The number of nitrogens with zero attached hydrogens (tertiary/aromatic N) is 3. The lowest BCUT2D eigenvalue weighted by Gasteiger charge is -2.12. The van der Waals surface area contributed by atoms with Gasteiger partial charge >= 0.3 is 0 Å². The van der Waals surface area contributed by atoms with Crippen molar-refractivity contribution in [3.63, 3.8) is 0 Å². The zero-order chi connectivity index (χ0) is 21.3. The number of hydrazine groups is 1. The van der Waals surface area contributed by atoms with Crippen LogP contribution in [-0.4, -0.2) is 26.4 Å². The molecule has 4 aromatic rings. The fraction of sp³-hybridized carbons (Fsp3) is 0.217. The predicted octanol–water partition coefficient (Wildman–Crippen LogP) is 3.20. The van der Waals surface area contributed by atoms with E-state index in [0.717, 1.165) is 39.1 Å². The fourth-order valence-corrected chi connectivity index (χ4v) is 3.54. The summed E-state index contributed by atoms with van der Waals surface area (Å²) in [5.74, 6) is -0.609. The van der Waals surface area contributed by atoms with Crippen molar-refractivity contribution >= 4 is 28.4 Å². The summed E-state index contributed by atoms with van der Waals surface area (Å²) in [6.45, 7) is 5.88. The van der Waals surface area contributed by atoms with E-state index in [9.17, 15) is 9.59 Å². The predicted molar refractivity (Wildman–Crippen MR) is 115 cm³/mol. The Morgan fingerprint density at radius 2 is 1.70 bits per heavy atom. The lowest BCUT2D eigenvalue weighted by molar-refractivity contribution is -0.121. The lowest BCUT2D eigenvalue weighted by Crippen LogP contribution is -2.41. The largest absolute Gasteiger partial charge is 0.273 e. The fourth-order valence-electron chi connectivity index (χ4n) is 3.54. The third kappa shape index (κ3) is 3.74. The highest BCUT2D eigenvalue weighted by Gasteiger charge is 2.15. The maximum absolute atomic E-state index is 12.3. The Balaban J connectivity index is 1.44. The Hall–Kier alpha value is -3.74. The summed E-state index contributed by atoms with van der Waals surface area (Å²) in [7, 11) is 0. The van der Waals surface area contributed by atoms with E-state index in [4.69, 9.17) is 4.98 Å². The van der Waals surface area contributed by atoms with Crippen molar-refractivity contribution < 1.29 is 9.59 Å². The van der Waals surface area contributed by atoms with Gasteiger partial charge < -0.3 is 0 Å². The average Bonchev–Trinajstić information content (AvgIpc) is 3.11. The minimum atomic E-state index is -0.345. The Labute approximate surface area is 174 Å². The molecule has 7 nitrogen and oxygen atoms in total. The number of benzene rings is 2. The van der Waals surface area contributed by atoms with Gasteiger partial charge in [0.25, 0.3) is 5.91 Å². The molecule has 0 aliphatic heterocycles. The van der Waals surface area contributed by atoms with Crippen molar-refractivity contribution in [1.29, 1.82) is 0 Å². The first-order valence-corrected chi connectivity index (χ1v) is 9.83. The molecule has 0 fully saturated rings. The molecule has 4 rings (SSSR count). The number of carbonyl (C=O) groups is 2. The third-order valence-electron chi connectivity index (χ3n) is 5.25. The van der Waals surface area contributed by atoms with Crippen LogP contribution in [0.3, 0.4) is 0 Å². The summed E-state index contributed by atoms with van der Waals surface area (Å²) >= 11 is 0. The van der Waals surface area contributed by atoms with Crippen molar-refractivity contribution in [1.82, 2.24) is 25.4 Å². The van der Waals surface area contributed by atoms with Crippen LogP contribution in [0, 0.1) is 20.8 Å². The molecule has 2 heterocycles. The number of rotatable bonds is 4. The average molecular weight is 401 g/mol. The number of nitrogens with one attached hydrogen (secondary N) is 2. The quantitative estimate of drug-likeness (QED) is 0.514. The maximum Gasteiger partial charge on any atom is 0.269 e. The third-order valence-corrected chi connectivity index (χ3v) is 5.25. The first kappa shape index (κ1) is 19.6. The molecule has 2 N–H and O–H groups in total. The molecule has 0 radical (unpaired) electrons. The normalized spacial score (nSPS) is 11.0. The van der Waals surface area contributed by atoms with E-state index >= 15 is 0 Å². The van der Waals surface area contributed by atoms with Gasteiger partial charge in [-0.25, -0.2) is 9.50 Å². The van der Waals surface area contributed by atoms with Crippen LogP contribution in [-0.2, 0) is 11.2 Å². The van der Waals surface area contributed by atoms with E-state index in [2.05, 4.69) is 16.0 Å². The van der Waals surface area contributed by atoms with Crippen LogP contribution in [0.2, 0.25) is 0 Å². The van der Waals surface area contributed by atoms with Gasteiger partial charge in [-0.2, -0.15) is 5.10 Å². The molecule has 2 aromatic carbocycles. The summed E-state index contributed by atoms with van der Waals surface area (Å²) in [6.07, 6.45) is 0.729. The van der Waals surface area contributed by atoms with Crippen LogP contribution in [0.4, 0.5) is 0 Å². The Morgan fingerprint density at radius 3 is 2.47 bits per heavy atom. The van der Waals surface area contributed by atoms with Gasteiger partial charge in [-0.05, 0) is 57.0 Å². The minimum Gasteiger partial charge on any atom is -0.273 e. The summed E-state index contributed by atoms with van der Waals surface area (Å²) in [4.78, 5) is 29.1. The second-order valence-electron chi connectivity index (χ2n) is 7.38. The smallest absolute Gasteiger partial charge is 0.269 e. The highest BCUT2D eigenvalue weighted by atomic mass is 16.2. The topological polar surface area (TPSA) is 88.4 Å². The molecular weight excluding hydrogens is 378 g/mol. The summed E-state index contributed by atoms with van der Waals surface area (Å²) < 4.78 is 1.84. The number of amides is 2. The van der Waals surface area contributed by atoms with E-state index in [-0.39, 0.29) is 18.2 Å². The molecule has 0 spiro atoms. The van der Waals surface area contributed by atoms with Gasteiger partial charge in [0, 0.05) is 28.8 Å². The molecule has 0 atom stereocenters. The van der Waals surface area contributed by atoms with Crippen molar-refractivity contribution in [3.8, 4) is 0 Å². The summed E-state index contributed by atoms with van der Waals surface area (Å²) in [6, 6.07) is 15.0. The first-order valence-electron chi connectivity index (χ1n) is 9.83. The summed E-state index contributed by atoms with van der Waals surface area (Å²) in [5.41, 5.74) is 11.0. The highest BCUT2D eigenvalue weighted by molar-refractivity contribution is 5.95. The van der Waals surface area contributed by atoms with Crippen molar-refractivity contribution in [2.45, 2.75) is 33.6 Å². The molecule has 7 heteroatoms. The molecule has 0 unspecified atom stereocenters. The molecule has 30 heavy (non-hydrogen) atoms. The molecule has 2 amide bonds. The minimum absolute atomic E-state index is 0.226. The number of aromatic nitrogens is 3. The van der Waals surface area contributed by atoms with E-state index < -0.39 is 0 Å². The molecule has 2 aromatic heterocycles. The van der Waals surface area contributed by atoms with Gasteiger partial charge in [-0.3, -0.25) is 20.4 Å². The van der Waals surface area contributed by atoms with Crippen molar-refractivity contribution in [2.75, 3.05) is 0 Å². The monoisotopic (exact) mass is 401 g/mol. The van der Waals surface area contributed by atoms with Gasteiger partial charge in [-0.15, -0.1) is 0 Å². The van der Waals surface area contributed by atoms with Crippen molar-refractivity contribution in [3.05, 3.63) is 76.6 Å². The number of fused-ring (bicyclic) bond motifs is 3. The molecule has 0 aliphatic carbocycles.